The van der Waals surface area contributed by atoms with Crippen molar-refractivity contribution in [2.75, 3.05) is 6.54 Å². The van der Waals surface area contributed by atoms with E-state index in [-0.39, 0.29) is 0 Å². The summed E-state index contributed by atoms with van der Waals surface area (Å²) < 4.78 is 0. The SMILES string of the molecule is CCNC(=O)CC(=O)O. The lowest BCUT2D eigenvalue weighted by Crippen LogP contribution is -2.24. The van der Waals surface area contributed by atoms with E-state index in [1.807, 2.05) is 0 Å². The van der Waals surface area contributed by atoms with Gasteiger partial charge in [-0.3, -0.25) is 9.59 Å². The molecule has 0 aliphatic rings. The minimum atomic E-state index is -1.10. The number of carboxylic acid groups (broad SMARTS) is 1. The standard InChI is InChI=1S/C5H9NO3/c1-2-6-4(7)3-5(8)9/h2-3H2,1H3,(H,6,7)(H,8,9). The molecule has 1 amide bonds. The van der Waals surface area contributed by atoms with Gasteiger partial charge < -0.3 is 10.4 Å². The van der Waals surface area contributed by atoms with Crippen LogP contribution in [0.4, 0.5) is 0 Å². The van der Waals surface area contributed by atoms with Crippen LogP contribution in [0, 0.1) is 0 Å². The Labute approximate surface area is 52.9 Å². The first-order chi connectivity index (χ1) is 4.16. The summed E-state index contributed by atoms with van der Waals surface area (Å²) in [5.74, 6) is -1.54. The van der Waals surface area contributed by atoms with Gasteiger partial charge in [-0.15, -0.1) is 0 Å². The Hall–Kier alpha value is -1.06. The molecule has 0 saturated heterocycles. The Kier molecular flexibility index (Phi) is 3.43. The second-order valence-corrected chi connectivity index (χ2v) is 1.52. The van der Waals surface area contributed by atoms with Crippen LogP contribution in [0.1, 0.15) is 13.3 Å². The summed E-state index contributed by atoms with van der Waals surface area (Å²) in [6, 6.07) is 0. The average Bonchev–Trinajstić information content (AvgIpc) is 1.63. The smallest absolute Gasteiger partial charge is 0.312 e. The van der Waals surface area contributed by atoms with E-state index in [1.165, 1.54) is 0 Å². The number of hydrogen-bond acceptors (Lipinski definition) is 2. The van der Waals surface area contributed by atoms with Crippen LogP contribution in [0.5, 0.6) is 0 Å². The van der Waals surface area contributed by atoms with Gasteiger partial charge in [-0.1, -0.05) is 0 Å². The highest BCUT2D eigenvalue weighted by Crippen LogP contribution is 1.76. The van der Waals surface area contributed by atoms with Crippen molar-refractivity contribution in [2.24, 2.45) is 0 Å². The van der Waals surface area contributed by atoms with Gasteiger partial charge in [0, 0.05) is 6.54 Å². The van der Waals surface area contributed by atoms with E-state index in [9.17, 15) is 9.59 Å². The van der Waals surface area contributed by atoms with Gasteiger partial charge in [0.2, 0.25) is 5.91 Å². The molecule has 9 heavy (non-hydrogen) atoms. The molecule has 4 heteroatoms. The monoisotopic (exact) mass is 131 g/mol. The van der Waals surface area contributed by atoms with Crippen molar-refractivity contribution in [3.05, 3.63) is 0 Å². The Morgan fingerprint density at radius 1 is 1.56 bits per heavy atom. The second kappa shape index (κ2) is 3.88. The first-order valence-electron chi connectivity index (χ1n) is 2.65. The molecule has 0 aromatic heterocycles. The molecule has 0 atom stereocenters. The van der Waals surface area contributed by atoms with Gasteiger partial charge in [-0.2, -0.15) is 0 Å². The fourth-order valence-corrected chi connectivity index (χ4v) is 0.397. The molecule has 52 valence electrons. The number of carbonyl (C=O) groups excluding carboxylic acids is 1. The minimum Gasteiger partial charge on any atom is -0.481 e. The number of amides is 1. The quantitative estimate of drug-likeness (QED) is 0.512. The Morgan fingerprint density at radius 3 is 2.44 bits per heavy atom. The van der Waals surface area contributed by atoms with Crippen molar-refractivity contribution in [1.29, 1.82) is 0 Å². The van der Waals surface area contributed by atoms with Crippen LogP contribution in [-0.2, 0) is 9.59 Å². The summed E-state index contributed by atoms with van der Waals surface area (Å²) in [4.78, 5) is 20.2. The maximum Gasteiger partial charge on any atom is 0.312 e. The molecule has 2 N–H and O–H groups in total. The van der Waals surface area contributed by atoms with E-state index in [4.69, 9.17) is 5.11 Å². The Bertz CT molecular complexity index is 121. The zero-order chi connectivity index (χ0) is 7.28. The first kappa shape index (κ1) is 7.94. The van der Waals surface area contributed by atoms with Gasteiger partial charge in [0.1, 0.15) is 6.42 Å². The highest BCUT2D eigenvalue weighted by atomic mass is 16.4. The molecule has 0 heterocycles. The summed E-state index contributed by atoms with van der Waals surface area (Å²) in [7, 11) is 0. The third-order valence-corrected chi connectivity index (χ3v) is 0.686. The van der Waals surface area contributed by atoms with Crippen LogP contribution in [0.3, 0.4) is 0 Å². The van der Waals surface area contributed by atoms with Gasteiger partial charge >= 0.3 is 5.97 Å². The highest BCUT2D eigenvalue weighted by molar-refractivity contribution is 5.93. The summed E-state index contributed by atoms with van der Waals surface area (Å²) in [5, 5.41) is 10.4. The van der Waals surface area contributed by atoms with Crippen molar-refractivity contribution in [1.82, 2.24) is 5.32 Å². The molecule has 0 aromatic rings. The maximum absolute atomic E-state index is 10.4. The lowest BCUT2D eigenvalue weighted by molar-refractivity contribution is -0.140. The molecule has 0 rings (SSSR count). The number of rotatable bonds is 3. The van der Waals surface area contributed by atoms with E-state index in [1.54, 1.807) is 6.92 Å². The number of nitrogens with one attached hydrogen (secondary N) is 1. The van der Waals surface area contributed by atoms with Crippen molar-refractivity contribution in [3.63, 3.8) is 0 Å². The second-order valence-electron chi connectivity index (χ2n) is 1.52. The number of carboxylic acids is 1. The van der Waals surface area contributed by atoms with E-state index in [0.717, 1.165) is 0 Å². The normalized spacial score (nSPS) is 8.56. The summed E-state index contributed by atoms with van der Waals surface area (Å²) >= 11 is 0. The number of aliphatic carboxylic acids is 1. The van der Waals surface area contributed by atoms with Gasteiger partial charge in [-0.05, 0) is 6.92 Å². The molecule has 0 radical (unpaired) electrons. The molecule has 0 aliphatic heterocycles. The topological polar surface area (TPSA) is 66.4 Å². The maximum atomic E-state index is 10.4. The third kappa shape index (κ3) is 4.80. The Balaban J connectivity index is 3.39. The van der Waals surface area contributed by atoms with E-state index in [0.29, 0.717) is 6.54 Å². The predicted octanol–water partition coefficient (Wildman–Crippen LogP) is -0.403. The molecule has 0 saturated carbocycles. The molecule has 0 spiro atoms. The fourth-order valence-electron chi connectivity index (χ4n) is 0.397. The van der Waals surface area contributed by atoms with E-state index < -0.39 is 18.3 Å². The number of carbonyl (C=O) groups is 2. The molecular formula is C5H9NO3. The lowest BCUT2D eigenvalue weighted by atomic mass is 10.4. The first-order valence-corrected chi connectivity index (χ1v) is 2.65. The highest BCUT2D eigenvalue weighted by Gasteiger charge is 2.03. The number of hydrogen-bond donors (Lipinski definition) is 2. The van der Waals surface area contributed by atoms with Crippen LogP contribution >= 0.6 is 0 Å². The molecule has 0 aromatic carbocycles. The van der Waals surface area contributed by atoms with Crippen molar-refractivity contribution in [2.45, 2.75) is 13.3 Å². The van der Waals surface area contributed by atoms with Crippen molar-refractivity contribution >= 4 is 11.9 Å². The summed E-state index contributed by atoms with van der Waals surface area (Å²) in [6.45, 7) is 2.21. The van der Waals surface area contributed by atoms with Gasteiger partial charge in [0.15, 0.2) is 0 Å². The molecule has 0 bridgehead atoms. The van der Waals surface area contributed by atoms with Gasteiger partial charge in [0.05, 0.1) is 0 Å². The molecular weight excluding hydrogens is 122 g/mol. The Morgan fingerprint density at radius 2 is 2.11 bits per heavy atom. The van der Waals surface area contributed by atoms with Crippen LogP contribution in [0.15, 0.2) is 0 Å². The molecule has 0 unspecified atom stereocenters. The summed E-state index contributed by atoms with van der Waals surface area (Å²) in [5.41, 5.74) is 0. The van der Waals surface area contributed by atoms with Crippen molar-refractivity contribution < 1.29 is 14.7 Å². The predicted molar refractivity (Wildman–Crippen MR) is 30.9 cm³/mol. The average molecular weight is 131 g/mol. The molecule has 0 fully saturated rings. The van der Waals surface area contributed by atoms with Gasteiger partial charge in [-0.25, -0.2) is 0 Å². The molecule has 0 aliphatic carbocycles. The third-order valence-electron chi connectivity index (χ3n) is 0.686. The van der Waals surface area contributed by atoms with Gasteiger partial charge in [0.25, 0.3) is 0 Å². The van der Waals surface area contributed by atoms with E-state index >= 15 is 0 Å². The zero-order valence-electron chi connectivity index (χ0n) is 5.18. The summed E-state index contributed by atoms with van der Waals surface area (Å²) in [6.07, 6.45) is -0.437. The minimum absolute atomic E-state index is 0.437. The van der Waals surface area contributed by atoms with E-state index in [2.05, 4.69) is 5.32 Å². The van der Waals surface area contributed by atoms with Crippen molar-refractivity contribution in [3.8, 4) is 0 Å². The molecule has 4 nitrogen and oxygen atoms in total. The van der Waals surface area contributed by atoms with Crippen LogP contribution < -0.4 is 5.32 Å². The fraction of sp³-hybridized carbons (Fsp3) is 0.600. The largest absolute Gasteiger partial charge is 0.481 e. The lowest BCUT2D eigenvalue weighted by Gasteiger charge is -1.95. The van der Waals surface area contributed by atoms with Crippen LogP contribution in [-0.4, -0.2) is 23.5 Å². The van der Waals surface area contributed by atoms with Crippen LogP contribution in [0.25, 0.3) is 0 Å². The van der Waals surface area contributed by atoms with Crippen LogP contribution in [0.2, 0.25) is 0 Å². The zero-order valence-corrected chi connectivity index (χ0v) is 5.18.